The predicted molar refractivity (Wildman–Crippen MR) is 133 cm³/mol. The van der Waals surface area contributed by atoms with Gasteiger partial charge in [0.2, 0.25) is 0 Å². The molecule has 2 aliphatic rings. The Morgan fingerprint density at radius 3 is 2.40 bits per heavy atom. The zero-order valence-corrected chi connectivity index (χ0v) is 21.5. The van der Waals surface area contributed by atoms with Crippen LogP contribution in [0.5, 0.6) is 0 Å². The van der Waals surface area contributed by atoms with Gasteiger partial charge in [0.15, 0.2) is 5.78 Å². The van der Waals surface area contributed by atoms with Crippen LogP contribution in [0, 0.1) is 11.8 Å². The van der Waals surface area contributed by atoms with Crippen molar-refractivity contribution in [2.75, 3.05) is 45.9 Å². The van der Waals surface area contributed by atoms with Crippen LogP contribution in [0.2, 0.25) is 0 Å². The number of anilines is 1. The minimum Gasteiger partial charge on any atom is -0.468 e. The number of ketones is 1. The van der Waals surface area contributed by atoms with Crippen molar-refractivity contribution in [2.45, 2.75) is 39.5 Å². The van der Waals surface area contributed by atoms with Crippen molar-refractivity contribution in [1.82, 2.24) is 5.32 Å². The fourth-order valence-electron chi connectivity index (χ4n) is 4.77. The number of Topliss-reactive ketones (excluding diaryl/α,β-unsaturated/α-hetero) is 1. The van der Waals surface area contributed by atoms with Crippen LogP contribution in [-0.2, 0) is 28.6 Å². The van der Waals surface area contributed by atoms with Crippen molar-refractivity contribution in [3.8, 4) is 0 Å². The molecule has 8 heteroatoms. The lowest BCUT2D eigenvalue weighted by molar-refractivity contribution is -0.151. The average Bonchev–Trinajstić information content (AvgIpc) is 2.82. The van der Waals surface area contributed by atoms with Gasteiger partial charge in [0.25, 0.3) is 0 Å². The van der Waals surface area contributed by atoms with Crippen molar-refractivity contribution in [3.05, 3.63) is 52.4 Å². The van der Waals surface area contributed by atoms with E-state index in [1.807, 2.05) is 64.0 Å². The number of hydrogen-bond acceptors (Lipinski definition) is 8. The van der Waals surface area contributed by atoms with Gasteiger partial charge in [0.05, 0.1) is 19.3 Å². The van der Waals surface area contributed by atoms with E-state index in [-0.39, 0.29) is 18.3 Å². The molecule has 0 fully saturated rings. The van der Waals surface area contributed by atoms with E-state index in [0.29, 0.717) is 36.5 Å². The van der Waals surface area contributed by atoms with Gasteiger partial charge in [-0.1, -0.05) is 26.0 Å². The Hall–Kier alpha value is -3.13. The Balaban J connectivity index is 2.03. The maximum absolute atomic E-state index is 13.7. The standard InChI is InChI=1S/C27H36N2O6/c1-7-12-34-13-14-35-27(32)22-17(3)28-20-15-16(2)21(26(31)33-6)25(30)24(20)23(22)18-8-10-19(11-9-18)29(4)5/h8-11,16,21,23,28H,7,12-15H2,1-6H3/t16-,21+,23+/m1/s1. The van der Waals surface area contributed by atoms with Crippen LogP contribution in [0.25, 0.3) is 0 Å². The highest BCUT2D eigenvalue weighted by Gasteiger charge is 2.47. The summed E-state index contributed by atoms with van der Waals surface area (Å²) in [5.41, 5.74) is 3.95. The number of nitrogens with zero attached hydrogens (tertiary/aromatic N) is 1. The van der Waals surface area contributed by atoms with Gasteiger partial charge >= 0.3 is 11.9 Å². The number of hydrogen-bond donors (Lipinski definition) is 1. The first-order chi connectivity index (χ1) is 16.7. The molecule has 190 valence electrons. The quantitative estimate of drug-likeness (QED) is 0.324. The first kappa shape index (κ1) is 26.5. The van der Waals surface area contributed by atoms with Gasteiger partial charge in [0.1, 0.15) is 12.5 Å². The summed E-state index contributed by atoms with van der Waals surface area (Å²) in [4.78, 5) is 41.5. The maximum atomic E-state index is 13.7. The molecule has 35 heavy (non-hydrogen) atoms. The molecule has 0 amide bonds. The Morgan fingerprint density at radius 1 is 1.11 bits per heavy atom. The van der Waals surface area contributed by atoms with E-state index in [0.717, 1.165) is 23.4 Å². The minimum atomic E-state index is -0.915. The fraction of sp³-hybridized carbons (Fsp3) is 0.519. The second-order valence-corrected chi connectivity index (χ2v) is 9.27. The molecule has 0 radical (unpaired) electrons. The van der Waals surface area contributed by atoms with Crippen molar-refractivity contribution in [2.24, 2.45) is 11.8 Å². The van der Waals surface area contributed by atoms with Gasteiger partial charge < -0.3 is 24.4 Å². The number of methoxy groups -OCH3 is 1. The number of rotatable bonds is 9. The number of nitrogens with one attached hydrogen (secondary N) is 1. The normalized spacial score (nSPS) is 21.9. The van der Waals surface area contributed by atoms with Crippen LogP contribution in [0.4, 0.5) is 5.69 Å². The van der Waals surface area contributed by atoms with Crippen LogP contribution in [0.15, 0.2) is 46.8 Å². The predicted octanol–water partition coefficient (Wildman–Crippen LogP) is 3.34. The van der Waals surface area contributed by atoms with E-state index in [2.05, 4.69) is 5.32 Å². The lowest BCUT2D eigenvalue weighted by Gasteiger charge is -2.38. The number of carbonyl (C=O) groups is 3. The first-order valence-electron chi connectivity index (χ1n) is 12.1. The molecule has 0 aromatic heterocycles. The fourth-order valence-corrected chi connectivity index (χ4v) is 4.77. The number of dihydropyridines is 1. The SMILES string of the molecule is CCCOCCOC(=O)C1=C(C)NC2=C(C(=O)[C@@H](C(=O)OC)[C@H](C)C2)[C@H]1c1ccc(N(C)C)cc1. The molecule has 3 rings (SSSR count). The Bertz CT molecular complexity index is 1020. The molecule has 8 nitrogen and oxygen atoms in total. The Labute approximate surface area is 207 Å². The van der Waals surface area contributed by atoms with E-state index < -0.39 is 23.8 Å². The Morgan fingerprint density at radius 2 is 1.80 bits per heavy atom. The molecule has 1 N–H and O–H groups in total. The second kappa shape index (κ2) is 11.5. The summed E-state index contributed by atoms with van der Waals surface area (Å²) in [6.45, 7) is 6.70. The molecule has 0 saturated carbocycles. The lowest BCUT2D eigenvalue weighted by atomic mass is 9.69. The second-order valence-electron chi connectivity index (χ2n) is 9.27. The van der Waals surface area contributed by atoms with Gasteiger partial charge in [-0.15, -0.1) is 0 Å². The van der Waals surface area contributed by atoms with Crippen LogP contribution >= 0.6 is 0 Å². The highest BCUT2D eigenvalue weighted by Crippen LogP contribution is 2.45. The molecule has 0 saturated heterocycles. The summed E-state index contributed by atoms with van der Waals surface area (Å²) >= 11 is 0. The topological polar surface area (TPSA) is 94.2 Å². The van der Waals surface area contributed by atoms with E-state index in [9.17, 15) is 14.4 Å². The van der Waals surface area contributed by atoms with Crippen molar-refractivity contribution in [1.29, 1.82) is 0 Å². The largest absolute Gasteiger partial charge is 0.468 e. The van der Waals surface area contributed by atoms with Crippen molar-refractivity contribution >= 4 is 23.4 Å². The third-order valence-corrected chi connectivity index (χ3v) is 6.52. The molecule has 1 aromatic rings. The van der Waals surface area contributed by atoms with E-state index >= 15 is 0 Å². The third kappa shape index (κ3) is 5.59. The number of carbonyl (C=O) groups excluding carboxylic acids is 3. The van der Waals surface area contributed by atoms with Crippen molar-refractivity contribution in [3.63, 3.8) is 0 Å². The highest BCUT2D eigenvalue weighted by atomic mass is 16.6. The van der Waals surface area contributed by atoms with Gasteiger partial charge in [-0.2, -0.15) is 0 Å². The maximum Gasteiger partial charge on any atom is 0.336 e. The monoisotopic (exact) mass is 484 g/mol. The minimum absolute atomic E-state index is 0.115. The number of esters is 2. The molecule has 1 aromatic carbocycles. The summed E-state index contributed by atoms with van der Waals surface area (Å²) in [6.07, 6.45) is 1.38. The summed E-state index contributed by atoms with van der Waals surface area (Å²) in [6, 6.07) is 7.73. The van der Waals surface area contributed by atoms with Crippen molar-refractivity contribution < 1.29 is 28.6 Å². The molecule has 0 spiro atoms. The molecule has 1 heterocycles. The molecule has 3 atom stereocenters. The smallest absolute Gasteiger partial charge is 0.336 e. The third-order valence-electron chi connectivity index (χ3n) is 6.52. The van der Waals surface area contributed by atoms with Crippen LogP contribution < -0.4 is 10.2 Å². The molecule has 1 aliphatic heterocycles. The summed E-state index contributed by atoms with van der Waals surface area (Å²) in [5.74, 6) is -3.18. The van der Waals surface area contributed by atoms with Gasteiger partial charge in [-0.05, 0) is 43.4 Å². The summed E-state index contributed by atoms with van der Waals surface area (Å²) in [7, 11) is 5.18. The molecule has 1 aliphatic carbocycles. The first-order valence-corrected chi connectivity index (χ1v) is 12.1. The molecule has 0 unspecified atom stereocenters. The Kier molecular flexibility index (Phi) is 8.72. The molecule has 0 bridgehead atoms. The van der Waals surface area contributed by atoms with Crippen LogP contribution in [0.3, 0.4) is 0 Å². The summed E-state index contributed by atoms with van der Waals surface area (Å²) in [5, 5.41) is 3.27. The van der Waals surface area contributed by atoms with Gasteiger partial charge in [-0.3, -0.25) is 9.59 Å². The van der Waals surface area contributed by atoms with E-state index in [4.69, 9.17) is 14.2 Å². The molecular formula is C27H36N2O6. The number of allylic oxidation sites excluding steroid dienone is 3. The number of ether oxygens (including phenoxy) is 3. The van der Waals surface area contributed by atoms with Gasteiger partial charge in [-0.25, -0.2) is 4.79 Å². The highest BCUT2D eigenvalue weighted by molar-refractivity contribution is 6.12. The lowest BCUT2D eigenvalue weighted by Crippen LogP contribution is -2.43. The van der Waals surface area contributed by atoms with E-state index in [1.165, 1.54) is 7.11 Å². The van der Waals surface area contributed by atoms with Gasteiger partial charge in [0, 0.05) is 49.3 Å². The zero-order chi connectivity index (χ0) is 25.7. The van der Waals surface area contributed by atoms with Crippen LogP contribution in [-0.4, -0.2) is 58.7 Å². The molecular weight excluding hydrogens is 448 g/mol. The number of benzene rings is 1. The summed E-state index contributed by atoms with van der Waals surface area (Å²) < 4.78 is 15.9. The zero-order valence-electron chi connectivity index (χ0n) is 21.5. The van der Waals surface area contributed by atoms with E-state index in [1.54, 1.807) is 0 Å². The van der Waals surface area contributed by atoms with Crippen LogP contribution in [0.1, 0.15) is 45.1 Å². The average molecular weight is 485 g/mol.